The van der Waals surface area contributed by atoms with Gasteiger partial charge < -0.3 is 18.9 Å². The smallest absolute Gasteiger partial charge is 0.254 e. The monoisotopic (exact) mass is 384 g/mol. The minimum absolute atomic E-state index is 0.0872. The number of rotatable bonds is 3. The van der Waals surface area contributed by atoms with Crippen LogP contribution in [-0.4, -0.2) is 47.3 Å². The molecule has 6 nitrogen and oxygen atoms in total. The molecule has 0 aromatic carbocycles. The molecule has 126 valence electrons. The first-order valence-corrected chi connectivity index (χ1v) is 8.74. The summed E-state index contributed by atoms with van der Waals surface area (Å²) in [6.45, 7) is 1.52. The Morgan fingerprint density at radius 3 is 2.70 bits per heavy atom. The molecule has 1 aliphatic carbocycles. The summed E-state index contributed by atoms with van der Waals surface area (Å²) in [5, 5.41) is 0. The first-order valence-electron chi connectivity index (χ1n) is 7.94. The van der Waals surface area contributed by atoms with E-state index in [9.17, 15) is 9.59 Å². The van der Waals surface area contributed by atoms with E-state index in [0.29, 0.717) is 24.9 Å². The number of nitrogens with zero attached hydrogens (tertiary/aromatic N) is 2. The molecule has 2 heterocycles. The Bertz CT molecular complexity index is 637. The number of carbonyl (C=O) groups is 1. The van der Waals surface area contributed by atoms with Crippen molar-refractivity contribution >= 4 is 21.8 Å². The van der Waals surface area contributed by atoms with Gasteiger partial charge in [0.1, 0.15) is 12.4 Å². The lowest BCUT2D eigenvalue weighted by atomic mass is 9.91. The lowest BCUT2D eigenvalue weighted by Crippen LogP contribution is -2.49. The number of pyridine rings is 1. The van der Waals surface area contributed by atoms with Gasteiger partial charge in [-0.1, -0.05) is 0 Å². The van der Waals surface area contributed by atoms with E-state index >= 15 is 0 Å². The fraction of sp³-hybridized carbons (Fsp3) is 0.625. The van der Waals surface area contributed by atoms with Gasteiger partial charge in [-0.2, -0.15) is 0 Å². The molecule has 0 unspecified atom stereocenters. The maximum atomic E-state index is 11.9. The van der Waals surface area contributed by atoms with E-state index in [1.807, 2.05) is 4.90 Å². The zero-order valence-corrected chi connectivity index (χ0v) is 14.8. The molecule has 3 rings (SSSR count). The zero-order valence-electron chi connectivity index (χ0n) is 13.2. The van der Waals surface area contributed by atoms with Crippen molar-refractivity contribution in [2.75, 3.05) is 19.8 Å². The molecule has 7 heteroatoms. The van der Waals surface area contributed by atoms with Crippen LogP contribution < -0.4 is 10.3 Å². The average molecular weight is 385 g/mol. The van der Waals surface area contributed by atoms with Crippen LogP contribution in [0.5, 0.6) is 5.75 Å². The van der Waals surface area contributed by atoms with E-state index in [-0.39, 0.29) is 24.2 Å². The third kappa shape index (κ3) is 3.77. The second kappa shape index (κ2) is 7.05. The van der Waals surface area contributed by atoms with Crippen LogP contribution in [0.15, 0.2) is 21.5 Å². The number of amides is 1. The van der Waals surface area contributed by atoms with Crippen LogP contribution in [0.4, 0.5) is 0 Å². The highest BCUT2D eigenvalue weighted by atomic mass is 79.9. The Kier molecular flexibility index (Phi) is 5.06. The summed E-state index contributed by atoms with van der Waals surface area (Å²) < 4.78 is 13.5. The lowest BCUT2D eigenvalue weighted by Gasteiger charge is -2.38. The fourth-order valence-electron chi connectivity index (χ4n) is 3.24. The number of ether oxygens (including phenoxy) is 2. The lowest BCUT2D eigenvalue weighted by molar-refractivity contribution is -0.146. The third-order valence-electron chi connectivity index (χ3n) is 4.55. The Labute approximate surface area is 143 Å². The van der Waals surface area contributed by atoms with Crippen LogP contribution in [0, 0.1) is 0 Å². The predicted octanol–water partition coefficient (Wildman–Crippen LogP) is 1.70. The maximum Gasteiger partial charge on any atom is 0.254 e. The molecule has 1 saturated heterocycles. The summed E-state index contributed by atoms with van der Waals surface area (Å²) in [6, 6.07) is 1.81. The van der Waals surface area contributed by atoms with Crippen molar-refractivity contribution < 1.29 is 14.3 Å². The number of morpholine rings is 1. The number of aryl methyl sites for hydroxylation is 1. The largest absolute Gasteiger partial charge is 0.489 e. The minimum Gasteiger partial charge on any atom is -0.489 e. The van der Waals surface area contributed by atoms with Gasteiger partial charge in [-0.25, -0.2) is 0 Å². The van der Waals surface area contributed by atoms with Crippen molar-refractivity contribution in [1.29, 1.82) is 0 Å². The van der Waals surface area contributed by atoms with Crippen LogP contribution in [-0.2, 0) is 16.6 Å². The average Bonchev–Trinajstić information content (AvgIpc) is 2.54. The quantitative estimate of drug-likeness (QED) is 0.795. The summed E-state index contributed by atoms with van der Waals surface area (Å²) in [4.78, 5) is 25.6. The molecule has 2 fully saturated rings. The van der Waals surface area contributed by atoms with E-state index in [2.05, 4.69) is 15.9 Å². The second-order valence-electron chi connectivity index (χ2n) is 6.12. The first kappa shape index (κ1) is 16.5. The summed E-state index contributed by atoms with van der Waals surface area (Å²) in [5.41, 5.74) is -0.0872. The van der Waals surface area contributed by atoms with E-state index in [1.165, 1.54) is 10.6 Å². The minimum atomic E-state index is -0.0872. The standard InChI is InChI=1S/C16H21BrN2O4/c1-18-9-13(17)14(8-15(18)20)23-12-4-2-11(3-5-12)19-6-7-22-10-16(19)21/h8-9,11-12H,2-7,10H2,1H3/t11-,12-. The van der Waals surface area contributed by atoms with Crippen molar-refractivity contribution in [1.82, 2.24) is 9.47 Å². The first-order chi connectivity index (χ1) is 11.0. The van der Waals surface area contributed by atoms with E-state index in [1.54, 1.807) is 13.2 Å². The Balaban J connectivity index is 1.58. The molecule has 0 spiro atoms. The molecule has 0 N–H and O–H groups in total. The maximum absolute atomic E-state index is 11.9. The molecule has 1 aromatic rings. The van der Waals surface area contributed by atoms with Gasteiger partial charge in [-0.05, 0) is 41.6 Å². The van der Waals surface area contributed by atoms with Crippen molar-refractivity contribution in [3.05, 3.63) is 27.1 Å². The molecule has 23 heavy (non-hydrogen) atoms. The number of carbonyl (C=O) groups excluding carboxylic acids is 1. The van der Waals surface area contributed by atoms with Crippen molar-refractivity contribution in [3.8, 4) is 5.75 Å². The summed E-state index contributed by atoms with van der Waals surface area (Å²) in [6.07, 6.45) is 5.44. The molecule has 0 atom stereocenters. The van der Waals surface area contributed by atoms with Crippen molar-refractivity contribution in [3.63, 3.8) is 0 Å². The topological polar surface area (TPSA) is 60.8 Å². The normalized spacial score (nSPS) is 25.5. The van der Waals surface area contributed by atoms with E-state index in [4.69, 9.17) is 9.47 Å². The van der Waals surface area contributed by atoms with Crippen LogP contribution >= 0.6 is 15.9 Å². The SMILES string of the molecule is Cn1cc(Br)c(O[C@H]2CC[C@H](N3CCOCC3=O)CC2)cc1=O. The van der Waals surface area contributed by atoms with Crippen LogP contribution in [0.2, 0.25) is 0 Å². The van der Waals surface area contributed by atoms with Crippen LogP contribution in [0.3, 0.4) is 0 Å². The van der Waals surface area contributed by atoms with Crippen LogP contribution in [0.1, 0.15) is 25.7 Å². The van der Waals surface area contributed by atoms with Gasteiger partial charge in [0.05, 0.1) is 17.2 Å². The highest BCUT2D eigenvalue weighted by molar-refractivity contribution is 9.10. The fourth-order valence-corrected chi connectivity index (χ4v) is 3.76. The van der Waals surface area contributed by atoms with Crippen LogP contribution in [0.25, 0.3) is 0 Å². The molecule has 1 saturated carbocycles. The van der Waals surface area contributed by atoms with Crippen molar-refractivity contribution in [2.24, 2.45) is 7.05 Å². The summed E-state index contributed by atoms with van der Waals surface area (Å²) in [5.74, 6) is 0.689. The third-order valence-corrected chi connectivity index (χ3v) is 5.14. The molecular formula is C16H21BrN2O4. The van der Waals surface area contributed by atoms with Gasteiger partial charge in [-0.3, -0.25) is 9.59 Å². The molecule has 1 aromatic heterocycles. The van der Waals surface area contributed by atoms with Gasteiger partial charge in [0, 0.05) is 31.9 Å². The Hall–Kier alpha value is -1.34. The molecule has 1 amide bonds. The summed E-state index contributed by atoms with van der Waals surface area (Å²) >= 11 is 3.44. The number of halogens is 1. The molecular weight excluding hydrogens is 364 g/mol. The second-order valence-corrected chi connectivity index (χ2v) is 6.98. The summed E-state index contributed by atoms with van der Waals surface area (Å²) in [7, 11) is 1.71. The van der Waals surface area contributed by atoms with Gasteiger partial charge in [0.25, 0.3) is 5.56 Å². The van der Waals surface area contributed by atoms with Gasteiger partial charge in [-0.15, -0.1) is 0 Å². The number of hydrogen-bond acceptors (Lipinski definition) is 4. The molecule has 2 aliphatic rings. The van der Waals surface area contributed by atoms with Gasteiger partial charge in [0.15, 0.2) is 0 Å². The molecule has 0 bridgehead atoms. The highest BCUT2D eigenvalue weighted by Gasteiger charge is 2.31. The number of hydrogen-bond donors (Lipinski definition) is 0. The van der Waals surface area contributed by atoms with E-state index in [0.717, 1.165) is 30.2 Å². The Morgan fingerprint density at radius 1 is 1.26 bits per heavy atom. The predicted molar refractivity (Wildman–Crippen MR) is 88.6 cm³/mol. The van der Waals surface area contributed by atoms with E-state index < -0.39 is 0 Å². The Morgan fingerprint density at radius 2 is 2.00 bits per heavy atom. The van der Waals surface area contributed by atoms with Gasteiger partial charge >= 0.3 is 0 Å². The molecule has 1 aliphatic heterocycles. The molecule has 0 radical (unpaired) electrons. The number of aromatic nitrogens is 1. The van der Waals surface area contributed by atoms with Crippen molar-refractivity contribution in [2.45, 2.75) is 37.8 Å². The van der Waals surface area contributed by atoms with Gasteiger partial charge in [0.2, 0.25) is 5.91 Å². The highest BCUT2D eigenvalue weighted by Crippen LogP contribution is 2.30. The zero-order chi connectivity index (χ0) is 16.4.